The fourth-order valence-corrected chi connectivity index (χ4v) is 1.57. The maximum absolute atomic E-state index is 10.0. The topological polar surface area (TPSA) is 121 Å². The minimum atomic E-state index is -1.28. The molecule has 0 aromatic heterocycles. The normalized spacial score (nSPS) is 9.92. The van der Waals surface area contributed by atoms with E-state index in [1.54, 1.807) is 36.4 Å². The van der Waals surface area contributed by atoms with Crippen molar-refractivity contribution in [1.82, 2.24) is 0 Å². The smallest absolute Gasteiger partial charge is 0.545 e. The molecule has 0 aliphatic carbocycles. The number of phenols is 2. The molecule has 0 aliphatic rings. The number of phenolic OH excluding ortho intramolecular Hbond substituents is 2. The van der Waals surface area contributed by atoms with Gasteiger partial charge in [-0.1, -0.05) is 36.4 Å². The maximum Gasteiger partial charge on any atom is 2.00 e. The van der Waals surface area contributed by atoms with Gasteiger partial charge in [0.1, 0.15) is 11.5 Å². The summed E-state index contributed by atoms with van der Waals surface area (Å²) < 4.78 is 0. The van der Waals surface area contributed by atoms with E-state index in [-0.39, 0.29) is 49.2 Å². The fraction of sp³-hybridized carbons (Fsp3) is 0. The fourth-order valence-electron chi connectivity index (χ4n) is 1.57. The van der Waals surface area contributed by atoms with Crippen molar-refractivity contribution in [1.29, 1.82) is 0 Å². The summed E-state index contributed by atoms with van der Waals surface area (Å²) >= 11 is 0. The van der Waals surface area contributed by atoms with Crippen LogP contribution in [-0.2, 0) is 9.59 Å². The van der Waals surface area contributed by atoms with E-state index in [9.17, 15) is 19.8 Å². The summed E-state index contributed by atoms with van der Waals surface area (Å²) in [4.78, 5) is 20.0. The molecule has 2 N–H and O–H groups in total. The van der Waals surface area contributed by atoms with Crippen molar-refractivity contribution in [3.05, 3.63) is 71.8 Å². The van der Waals surface area contributed by atoms with Gasteiger partial charge in [0, 0.05) is 11.1 Å². The number of carbonyl (C=O) groups excluding carboxylic acids is 2. The van der Waals surface area contributed by atoms with Crippen LogP contribution in [0.25, 0.3) is 12.2 Å². The molecule has 7 heteroatoms. The minimum Gasteiger partial charge on any atom is -0.545 e. The molecule has 0 amide bonds. The van der Waals surface area contributed by atoms with Crippen LogP contribution in [0.5, 0.6) is 11.5 Å². The molecule has 0 aliphatic heterocycles. The van der Waals surface area contributed by atoms with E-state index in [0.717, 1.165) is 12.2 Å². The minimum absolute atomic E-state index is 0. The molecule has 0 spiro atoms. The van der Waals surface area contributed by atoms with E-state index in [1.165, 1.54) is 24.3 Å². The van der Waals surface area contributed by atoms with Crippen LogP contribution >= 0.6 is 0 Å². The number of hydrogen-bond donors (Lipinski definition) is 2. The first kappa shape index (κ1) is 22.7. The Balaban J connectivity index is 0.000000443. The van der Waals surface area contributed by atoms with Gasteiger partial charge in [0.25, 0.3) is 0 Å². The Morgan fingerprint density at radius 1 is 0.720 bits per heavy atom. The van der Waals surface area contributed by atoms with E-state index >= 15 is 0 Å². The summed E-state index contributed by atoms with van der Waals surface area (Å²) in [6.45, 7) is 0. The summed E-state index contributed by atoms with van der Waals surface area (Å²) in [7, 11) is 0. The molecule has 2 aromatic rings. The van der Waals surface area contributed by atoms with Gasteiger partial charge in [0.05, 0.1) is 11.9 Å². The summed E-state index contributed by atoms with van der Waals surface area (Å²) in [5, 5.41) is 38.3. The number of rotatable bonds is 4. The predicted octanol–water partition coefficient (Wildman–Crippen LogP) is -0.0702. The largest absolute Gasteiger partial charge is 2.00 e. The number of carboxylic acid groups (broad SMARTS) is 2. The molecular weight excluding hydrogens is 352 g/mol. The third-order valence-electron chi connectivity index (χ3n) is 2.67. The summed E-state index contributed by atoms with van der Waals surface area (Å²) in [5.74, 6) is -2.46. The Kier molecular flexibility index (Phi) is 11.0. The zero-order valence-corrected chi connectivity index (χ0v) is 15.4. The van der Waals surface area contributed by atoms with Gasteiger partial charge >= 0.3 is 37.7 Å². The third-order valence-corrected chi connectivity index (χ3v) is 2.67. The second kappa shape index (κ2) is 12.1. The molecule has 6 nitrogen and oxygen atoms in total. The molecule has 124 valence electrons. The van der Waals surface area contributed by atoms with Gasteiger partial charge in [-0.3, -0.25) is 0 Å². The molecule has 2 aromatic carbocycles. The molecule has 0 saturated heterocycles. The average Bonchev–Trinajstić information content (AvgIpc) is 2.54. The number of aromatic hydroxyl groups is 2. The van der Waals surface area contributed by atoms with Crippen LogP contribution in [-0.4, -0.2) is 59.9 Å². The van der Waals surface area contributed by atoms with Gasteiger partial charge in [0.15, 0.2) is 0 Å². The summed E-state index contributed by atoms with van der Waals surface area (Å²) in [6, 6.07) is 12.9. The van der Waals surface area contributed by atoms with Gasteiger partial charge < -0.3 is 30.0 Å². The van der Waals surface area contributed by atoms with Crippen LogP contribution in [0, 0.1) is 0 Å². The van der Waals surface area contributed by atoms with Crippen molar-refractivity contribution in [3.63, 3.8) is 0 Å². The predicted molar refractivity (Wildman–Crippen MR) is 90.0 cm³/mol. The van der Waals surface area contributed by atoms with Gasteiger partial charge in [-0.2, -0.15) is 0 Å². The van der Waals surface area contributed by atoms with Crippen LogP contribution in [0.15, 0.2) is 60.7 Å². The van der Waals surface area contributed by atoms with Crippen LogP contribution in [0.2, 0.25) is 0 Å². The molecule has 0 bridgehead atoms. The number of carbonyl (C=O) groups is 2. The van der Waals surface area contributed by atoms with E-state index in [2.05, 4.69) is 0 Å². The zero-order valence-electron chi connectivity index (χ0n) is 13.2. The Morgan fingerprint density at radius 2 is 1.04 bits per heavy atom. The first-order valence-corrected chi connectivity index (χ1v) is 6.74. The Morgan fingerprint density at radius 3 is 1.32 bits per heavy atom. The first-order chi connectivity index (χ1) is 11.4. The zero-order chi connectivity index (χ0) is 17.9. The molecule has 0 saturated carbocycles. The molecule has 0 fully saturated rings. The van der Waals surface area contributed by atoms with Gasteiger partial charge in [-0.25, -0.2) is 0 Å². The van der Waals surface area contributed by atoms with Crippen LogP contribution in [0.4, 0.5) is 0 Å². The quantitative estimate of drug-likeness (QED) is 0.577. The molecule has 0 radical (unpaired) electrons. The van der Waals surface area contributed by atoms with Gasteiger partial charge in [-0.05, 0) is 36.4 Å². The molecule has 2 rings (SSSR count). The Bertz CT molecular complexity index is 702. The monoisotopic (exact) mass is 366 g/mol. The van der Waals surface area contributed by atoms with Gasteiger partial charge in [-0.15, -0.1) is 0 Å². The third kappa shape index (κ3) is 9.56. The molecule has 0 atom stereocenters. The second-order valence-electron chi connectivity index (χ2n) is 4.42. The number of benzene rings is 2. The van der Waals surface area contributed by atoms with Crippen molar-refractivity contribution in [2.24, 2.45) is 0 Å². The van der Waals surface area contributed by atoms with Crippen LogP contribution in [0.3, 0.4) is 0 Å². The number of aliphatic carboxylic acids is 2. The standard InChI is InChI=1S/2C9H8O3.Ca/c2*10-8-4-2-1-3-7(8)5-6-9(11)12;/h2*1-6,10H,(H,11,12);/q;;+2/p-2. The number of para-hydroxylation sites is 2. The summed E-state index contributed by atoms with van der Waals surface area (Å²) in [5.41, 5.74) is 0.920. The SMILES string of the molecule is O=C([O-])C=Cc1ccccc1O.O=C([O-])C=Cc1ccccc1O.[Ca+2]. The van der Waals surface area contributed by atoms with Crippen molar-refractivity contribution >= 4 is 61.8 Å². The van der Waals surface area contributed by atoms with E-state index in [4.69, 9.17) is 10.2 Å². The van der Waals surface area contributed by atoms with Crippen molar-refractivity contribution in [2.75, 3.05) is 0 Å². The molecule has 25 heavy (non-hydrogen) atoms. The van der Waals surface area contributed by atoms with Crippen LogP contribution < -0.4 is 10.2 Å². The van der Waals surface area contributed by atoms with Gasteiger partial charge in [0.2, 0.25) is 0 Å². The maximum atomic E-state index is 10.0. The van der Waals surface area contributed by atoms with Crippen LogP contribution in [0.1, 0.15) is 11.1 Å². The Labute approximate surface area is 174 Å². The average molecular weight is 366 g/mol. The van der Waals surface area contributed by atoms with Crippen molar-refractivity contribution in [2.45, 2.75) is 0 Å². The van der Waals surface area contributed by atoms with Crippen molar-refractivity contribution in [3.8, 4) is 11.5 Å². The van der Waals surface area contributed by atoms with E-state index in [0.29, 0.717) is 11.1 Å². The molecular formula is C18H14CaO6. The number of carboxylic acids is 2. The van der Waals surface area contributed by atoms with E-state index < -0.39 is 11.9 Å². The van der Waals surface area contributed by atoms with Crippen molar-refractivity contribution < 1.29 is 30.0 Å². The Hall–Kier alpha value is -2.28. The molecule has 0 unspecified atom stereocenters. The summed E-state index contributed by atoms with van der Waals surface area (Å²) in [6.07, 6.45) is 4.30. The van der Waals surface area contributed by atoms with E-state index in [1.807, 2.05) is 0 Å². The first-order valence-electron chi connectivity index (χ1n) is 6.74. The number of hydrogen-bond acceptors (Lipinski definition) is 6. The molecule has 0 heterocycles. The second-order valence-corrected chi connectivity index (χ2v) is 4.42.